The van der Waals surface area contributed by atoms with Gasteiger partial charge in [0.1, 0.15) is 11.5 Å². The molecule has 4 rings (SSSR count). The van der Waals surface area contributed by atoms with Crippen LogP contribution < -0.4 is 14.2 Å². The third kappa shape index (κ3) is 8.01. The second-order valence-electron chi connectivity index (χ2n) is 9.03. The maximum atomic E-state index is 13.2. The van der Waals surface area contributed by atoms with Gasteiger partial charge in [0.15, 0.2) is 0 Å². The van der Waals surface area contributed by atoms with Crippen LogP contribution >= 0.6 is 0 Å². The number of hydrogen-bond acceptors (Lipinski definition) is 4. The lowest BCUT2D eigenvalue weighted by Crippen LogP contribution is -2.43. The van der Waals surface area contributed by atoms with Gasteiger partial charge in [-0.1, -0.05) is 72.8 Å². The van der Waals surface area contributed by atoms with Gasteiger partial charge in [-0.25, -0.2) is 13.1 Å². The molecule has 4 aromatic rings. The molecule has 0 aliphatic heterocycles. The minimum absolute atomic E-state index is 0.0178. The molecule has 0 spiro atoms. The lowest BCUT2D eigenvalue weighted by Gasteiger charge is -2.36. The summed E-state index contributed by atoms with van der Waals surface area (Å²) in [5, 5.41) is 0. The molecular weight excluding hydrogens is 572 g/mol. The molecular formula is C29H23F6NO4S. The third-order valence-corrected chi connectivity index (χ3v) is 7.62. The predicted octanol–water partition coefficient (Wildman–Crippen LogP) is 6.99. The highest BCUT2D eigenvalue weighted by Crippen LogP contribution is 2.40. The first-order valence-corrected chi connectivity index (χ1v) is 13.6. The molecule has 41 heavy (non-hydrogen) atoms. The number of rotatable bonds is 10. The number of hydrogen-bond donors (Lipinski definition) is 1. The van der Waals surface area contributed by atoms with Crippen molar-refractivity contribution in [2.45, 2.75) is 29.5 Å². The Bertz CT molecular complexity index is 1500. The molecule has 12 heteroatoms. The molecule has 0 atom stereocenters. The molecule has 0 aromatic heterocycles. The number of alkyl halides is 6. The highest BCUT2D eigenvalue weighted by molar-refractivity contribution is 7.89. The summed E-state index contributed by atoms with van der Waals surface area (Å²) >= 11 is 0. The van der Waals surface area contributed by atoms with E-state index in [1.165, 1.54) is 48.5 Å². The highest BCUT2D eigenvalue weighted by Gasteiger charge is 2.39. The van der Waals surface area contributed by atoms with E-state index in [0.717, 1.165) is 24.3 Å². The van der Waals surface area contributed by atoms with Crippen molar-refractivity contribution < 1.29 is 44.2 Å². The summed E-state index contributed by atoms with van der Waals surface area (Å²) in [6.45, 7) is -0.440. The van der Waals surface area contributed by atoms with Crippen molar-refractivity contribution in [2.75, 3.05) is 6.54 Å². The number of halogens is 6. The lowest BCUT2D eigenvalue weighted by atomic mass is 9.70. The van der Waals surface area contributed by atoms with E-state index in [1.807, 2.05) is 0 Å². The van der Waals surface area contributed by atoms with Crippen molar-refractivity contribution in [3.05, 3.63) is 126 Å². The standard InChI is InChI=1S/C29H23F6NO4S/c30-28(31,32)39-24-13-7-11-22(17-24)27(19-21-9-3-1-4-10-21,20-36-41(37,38)26-15-5-2-6-16-26)23-12-8-14-25(18-23)40-29(33,34)35/h1-18,36H,19-20H2. The maximum Gasteiger partial charge on any atom is 0.573 e. The van der Waals surface area contributed by atoms with Crippen molar-refractivity contribution in [1.82, 2.24) is 4.72 Å². The topological polar surface area (TPSA) is 64.6 Å². The van der Waals surface area contributed by atoms with Crippen LogP contribution in [0.2, 0.25) is 0 Å². The predicted molar refractivity (Wildman–Crippen MR) is 139 cm³/mol. The third-order valence-electron chi connectivity index (χ3n) is 6.21. The molecule has 0 fully saturated rings. The SMILES string of the molecule is O=S(=O)(NCC(Cc1ccccc1)(c1cccc(OC(F)(F)F)c1)c1cccc(OC(F)(F)F)c1)c1ccccc1. The minimum Gasteiger partial charge on any atom is -0.406 e. The second-order valence-corrected chi connectivity index (χ2v) is 10.8. The van der Waals surface area contributed by atoms with Crippen LogP contribution in [0.1, 0.15) is 16.7 Å². The summed E-state index contributed by atoms with van der Waals surface area (Å²) in [5.74, 6) is -1.16. The van der Waals surface area contributed by atoms with Gasteiger partial charge >= 0.3 is 12.7 Å². The molecule has 0 heterocycles. The number of nitrogens with one attached hydrogen (secondary N) is 1. The number of ether oxygens (including phenoxy) is 2. The quantitative estimate of drug-likeness (QED) is 0.201. The number of benzene rings is 4. The zero-order chi connectivity index (χ0) is 29.7. The first-order chi connectivity index (χ1) is 19.3. The van der Waals surface area contributed by atoms with Gasteiger partial charge in [-0.3, -0.25) is 0 Å². The first-order valence-electron chi connectivity index (χ1n) is 12.1. The molecule has 0 saturated heterocycles. The smallest absolute Gasteiger partial charge is 0.406 e. The Kier molecular flexibility index (Phi) is 8.64. The van der Waals surface area contributed by atoms with E-state index in [9.17, 15) is 34.8 Å². The molecule has 0 bridgehead atoms. The Morgan fingerprint density at radius 2 is 1.07 bits per heavy atom. The van der Waals surface area contributed by atoms with E-state index in [2.05, 4.69) is 14.2 Å². The van der Waals surface area contributed by atoms with Gasteiger partial charge < -0.3 is 9.47 Å². The molecule has 0 radical (unpaired) electrons. The van der Waals surface area contributed by atoms with E-state index in [-0.39, 0.29) is 22.4 Å². The molecule has 0 saturated carbocycles. The Morgan fingerprint density at radius 1 is 0.610 bits per heavy atom. The summed E-state index contributed by atoms with van der Waals surface area (Å²) in [4.78, 5) is -0.0723. The Balaban J connectivity index is 1.92. The van der Waals surface area contributed by atoms with Crippen LogP contribution in [-0.2, 0) is 21.9 Å². The van der Waals surface area contributed by atoms with E-state index in [4.69, 9.17) is 0 Å². The summed E-state index contributed by atoms with van der Waals surface area (Å²) < 4.78 is 116. The Labute approximate surface area is 232 Å². The molecule has 4 aromatic carbocycles. The van der Waals surface area contributed by atoms with Crippen LogP contribution in [-0.4, -0.2) is 27.7 Å². The van der Waals surface area contributed by atoms with E-state index in [0.29, 0.717) is 5.56 Å². The maximum absolute atomic E-state index is 13.2. The van der Waals surface area contributed by atoms with Crippen LogP contribution in [0.25, 0.3) is 0 Å². The van der Waals surface area contributed by atoms with E-state index in [1.54, 1.807) is 36.4 Å². The molecule has 216 valence electrons. The fraction of sp³-hybridized carbons (Fsp3) is 0.172. The fourth-order valence-electron chi connectivity index (χ4n) is 4.46. The minimum atomic E-state index is -5.02. The molecule has 0 unspecified atom stereocenters. The van der Waals surface area contributed by atoms with Crippen molar-refractivity contribution in [3.8, 4) is 11.5 Å². The molecule has 5 nitrogen and oxygen atoms in total. The molecule has 0 amide bonds. The lowest BCUT2D eigenvalue weighted by molar-refractivity contribution is -0.275. The normalized spacial score (nSPS) is 12.6. The van der Waals surface area contributed by atoms with Crippen molar-refractivity contribution in [1.29, 1.82) is 0 Å². The van der Waals surface area contributed by atoms with Gasteiger partial charge in [0.05, 0.1) is 4.90 Å². The summed E-state index contributed by atoms with van der Waals surface area (Å²) in [7, 11) is -4.15. The fourth-order valence-corrected chi connectivity index (χ4v) is 5.58. The van der Waals surface area contributed by atoms with Crippen LogP contribution in [0, 0.1) is 0 Å². The van der Waals surface area contributed by atoms with Gasteiger partial charge in [0.25, 0.3) is 0 Å². The average Bonchev–Trinajstić information content (AvgIpc) is 2.90. The van der Waals surface area contributed by atoms with Gasteiger partial charge in [0, 0.05) is 12.0 Å². The zero-order valence-corrected chi connectivity index (χ0v) is 21.9. The second kappa shape index (κ2) is 11.8. The average molecular weight is 596 g/mol. The zero-order valence-electron chi connectivity index (χ0n) is 21.1. The van der Waals surface area contributed by atoms with Crippen molar-refractivity contribution in [3.63, 3.8) is 0 Å². The monoisotopic (exact) mass is 595 g/mol. The van der Waals surface area contributed by atoms with Crippen molar-refractivity contribution in [2.24, 2.45) is 0 Å². The van der Waals surface area contributed by atoms with Gasteiger partial charge in [-0.05, 0) is 59.5 Å². The van der Waals surface area contributed by atoms with Crippen molar-refractivity contribution >= 4 is 10.0 Å². The Hall–Kier alpha value is -4.03. The van der Waals surface area contributed by atoms with Gasteiger partial charge in [-0.2, -0.15) is 0 Å². The Morgan fingerprint density at radius 3 is 1.54 bits per heavy atom. The van der Waals surface area contributed by atoms with Crippen LogP contribution in [0.3, 0.4) is 0 Å². The molecule has 0 aliphatic carbocycles. The van der Waals surface area contributed by atoms with Gasteiger partial charge in [-0.15, -0.1) is 26.3 Å². The van der Waals surface area contributed by atoms with Crippen LogP contribution in [0.15, 0.2) is 114 Å². The molecule has 1 N–H and O–H groups in total. The first kappa shape index (κ1) is 29.9. The van der Waals surface area contributed by atoms with Crippen LogP contribution in [0.5, 0.6) is 11.5 Å². The largest absolute Gasteiger partial charge is 0.573 e. The highest BCUT2D eigenvalue weighted by atomic mass is 32.2. The van der Waals surface area contributed by atoms with Crippen LogP contribution in [0.4, 0.5) is 26.3 Å². The summed E-state index contributed by atoms with van der Waals surface area (Å²) in [6.07, 6.45) is -10.1. The van der Waals surface area contributed by atoms with E-state index >= 15 is 0 Å². The van der Waals surface area contributed by atoms with E-state index < -0.39 is 46.2 Å². The molecule has 0 aliphatic rings. The summed E-state index contributed by atoms with van der Waals surface area (Å²) in [6, 6.07) is 25.8. The number of sulfonamides is 1. The van der Waals surface area contributed by atoms with Gasteiger partial charge in [0.2, 0.25) is 10.0 Å². The summed E-state index contributed by atoms with van der Waals surface area (Å²) in [5.41, 5.74) is -0.583.